The standard InChI is InChI=1S/C15H18O8S/c1-8(16)21-11-7-24-15(19,12-5-4-6-20-12)14(23-10(3)18)13(11)22-9(2)17/h4-6,11,13-14,19H,7H2,1-3H3/t11-,13+,14-,15?/m1/s1. The van der Waals surface area contributed by atoms with Crippen LogP contribution in [0.3, 0.4) is 0 Å². The zero-order valence-corrected chi connectivity index (χ0v) is 14.2. The van der Waals surface area contributed by atoms with Gasteiger partial charge in [0.2, 0.25) is 4.93 Å². The second-order valence-corrected chi connectivity index (χ2v) is 6.48. The van der Waals surface area contributed by atoms with Gasteiger partial charge in [0.25, 0.3) is 0 Å². The number of ether oxygens (including phenoxy) is 3. The lowest BCUT2D eigenvalue weighted by molar-refractivity contribution is -0.199. The van der Waals surface area contributed by atoms with E-state index in [4.69, 9.17) is 18.6 Å². The van der Waals surface area contributed by atoms with Crippen molar-refractivity contribution in [1.29, 1.82) is 0 Å². The number of furan rings is 1. The van der Waals surface area contributed by atoms with Crippen LogP contribution in [0.15, 0.2) is 22.8 Å². The van der Waals surface area contributed by atoms with Crippen molar-refractivity contribution in [1.82, 2.24) is 0 Å². The second-order valence-electron chi connectivity index (χ2n) is 5.24. The minimum Gasteiger partial charge on any atom is -0.465 e. The molecule has 8 nitrogen and oxygen atoms in total. The third-order valence-electron chi connectivity index (χ3n) is 3.30. The summed E-state index contributed by atoms with van der Waals surface area (Å²) in [5, 5.41) is 11.0. The monoisotopic (exact) mass is 358 g/mol. The van der Waals surface area contributed by atoms with Gasteiger partial charge in [-0.25, -0.2) is 0 Å². The first-order valence-electron chi connectivity index (χ1n) is 7.16. The van der Waals surface area contributed by atoms with Crippen LogP contribution in [0.25, 0.3) is 0 Å². The van der Waals surface area contributed by atoms with Crippen molar-refractivity contribution in [3.8, 4) is 0 Å². The van der Waals surface area contributed by atoms with E-state index in [1.165, 1.54) is 26.2 Å². The molecule has 9 heteroatoms. The number of aliphatic hydroxyl groups is 1. The van der Waals surface area contributed by atoms with Crippen molar-refractivity contribution >= 4 is 29.7 Å². The fraction of sp³-hybridized carbons (Fsp3) is 0.533. The normalized spacial score (nSPS) is 29.6. The van der Waals surface area contributed by atoms with E-state index in [0.29, 0.717) is 0 Å². The summed E-state index contributed by atoms with van der Waals surface area (Å²) in [7, 11) is 0. The second kappa shape index (κ2) is 7.27. The highest BCUT2D eigenvalue weighted by Crippen LogP contribution is 2.46. The SMILES string of the molecule is CC(=O)O[C@@H]1[C@@H](OC(C)=O)C(O)(c2ccco2)SC[C@H]1OC(C)=O. The molecule has 1 aromatic heterocycles. The number of carbonyl (C=O) groups excluding carboxylic acids is 3. The molecule has 132 valence electrons. The largest absolute Gasteiger partial charge is 0.465 e. The Balaban J connectivity index is 2.42. The summed E-state index contributed by atoms with van der Waals surface area (Å²) < 4.78 is 20.8. The topological polar surface area (TPSA) is 112 Å². The van der Waals surface area contributed by atoms with E-state index in [1.807, 2.05) is 0 Å². The Morgan fingerprint density at radius 2 is 1.79 bits per heavy atom. The van der Waals surface area contributed by atoms with Gasteiger partial charge in [-0.3, -0.25) is 14.4 Å². The van der Waals surface area contributed by atoms with Crippen molar-refractivity contribution in [2.75, 3.05) is 5.75 Å². The minimum absolute atomic E-state index is 0.118. The first-order valence-corrected chi connectivity index (χ1v) is 8.14. The van der Waals surface area contributed by atoms with E-state index < -0.39 is 41.2 Å². The van der Waals surface area contributed by atoms with Gasteiger partial charge in [0.15, 0.2) is 18.3 Å². The maximum atomic E-state index is 11.5. The number of hydrogen-bond donors (Lipinski definition) is 1. The fourth-order valence-corrected chi connectivity index (χ4v) is 3.75. The molecular weight excluding hydrogens is 340 g/mol. The molecule has 1 unspecified atom stereocenters. The van der Waals surface area contributed by atoms with Crippen LogP contribution in [0.1, 0.15) is 26.5 Å². The van der Waals surface area contributed by atoms with E-state index in [9.17, 15) is 19.5 Å². The Hall–Kier alpha value is -2.00. The zero-order chi connectivity index (χ0) is 17.9. The summed E-state index contributed by atoms with van der Waals surface area (Å²) in [6.07, 6.45) is -2.01. The molecule has 1 aliphatic rings. The molecule has 1 aromatic rings. The van der Waals surface area contributed by atoms with Crippen LogP contribution >= 0.6 is 11.8 Å². The van der Waals surface area contributed by atoms with Crippen molar-refractivity contribution in [2.45, 2.75) is 44.0 Å². The molecule has 0 radical (unpaired) electrons. The average Bonchev–Trinajstić information content (AvgIpc) is 2.99. The lowest BCUT2D eigenvalue weighted by Gasteiger charge is -2.44. The Morgan fingerprint density at radius 1 is 1.17 bits per heavy atom. The zero-order valence-electron chi connectivity index (χ0n) is 13.4. The molecule has 0 spiro atoms. The summed E-state index contributed by atoms with van der Waals surface area (Å²) in [6, 6.07) is 3.08. The van der Waals surface area contributed by atoms with Crippen LogP contribution in [0.5, 0.6) is 0 Å². The minimum atomic E-state index is -1.79. The van der Waals surface area contributed by atoms with Crippen molar-refractivity contribution < 1.29 is 38.1 Å². The van der Waals surface area contributed by atoms with Gasteiger partial charge in [-0.15, -0.1) is 11.8 Å². The van der Waals surface area contributed by atoms with E-state index in [-0.39, 0.29) is 11.5 Å². The molecule has 2 rings (SSSR count). The first kappa shape index (κ1) is 18.3. The highest BCUT2D eigenvalue weighted by atomic mass is 32.2. The summed E-state index contributed by atoms with van der Waals surface area (Å²) in [6.45, 7) is 3.54. The first-order chi connectivity index (χ1) is 11.2. The van der Waals surface area contributed by atoms with Gasteiger partial charge in [-0.05, 0) is 12.1 Å². The van der Waals surface area contributed by atoms with Crippen LogP contribution in [0.4, 0.5) is 0 Å². The Bertz CT molecular complexity index is 613. The lowest BCUT2D eigenvalue weighted by Crippen LogP contribution is -2.58. The molecule has 0 aromatic carbocycles. The maximum Gasteiger partial charge on any atom is 0.303 e. The van der Waals surface area contributed by atoms with Gasteiger partial charge >= 0.3 is 17.9 Å². The van der Waals surface area contributed by atoms with Crippen LogP contribution in [-0.2, 0) is 33.5 Å². The average molecular weight is 358 g/mol. The Labute approximate surface area is 142 Å². The smallest absolute Gasteiger partial charge is 0.303 e. The summed E-state index contributed by atoms with van der Waals surface area (Å²) in [5.74, 6) is -1.68. The van der Waals surface area contributed by atoms with Gasteiger partial charge in [-0.1, -0.05) is 0 Å². The highest BCUT2D eigenvalue weighted by molar-refractivity contribution is 8.00. The number of hydrogen-bond acceptors (Lipinski definition) is 9. The number of rotatable bonds is 4. The van der Waals surface area contributed by atoms with E-state index in [0.717, 1.165) is 18.7 Å². The third-order valence-corrected chi connectivity index (χ3v) is 4.67. The molecule has 4 atom stereocenters. The summed E-state index contributed by atoms with van der Waals surface area (Å²) >= 11 is 0.970. The molecule has 1 aliphatic heterocycles. The molecule has 24 heavy (non-hydrogen) atoms. The van der Waals surface area contributed by atoms with Crippen molar-refractivity contribution in [3.05, 3.63) is 24.2 Å². The van der Waals surface area contributed by atoms with E-state index in [1.54, 1.807) is 6.07 Å². The number of carbonyl (C=O) groups is 3. The van der Waals surface area contributed by atoms with Crippen LogP contribution in [-0.4, -0.2) is 47.1 Å². The van der Waals surface area contributed by atoms with Crippen LogP contribution in [0.2, 0.25) is 0 Å². The highest BCUT2D eigenvalue weighted by Gasteiger charge is 2.57. The van der Waals surface area contributed by atoms with Crippen LogP contribution < -0.4 is 0 Å². The van der Waals surface area contributed by atoms with E-state index >= 15 is 0 Å². The molecule has 2 heterocycles. The quantitative estimate of drug-likeness (QED) is 0.621. The van der Waals surface area contributed by atoms with Crippen LogP contribution in [0, 0.1) is 0 Å². The van der Waals surface area contributed by atoms with Crippen molar-refractivity contribution in [2.24, 2.45) is 0 Å². The summed E-state index contributed by atoms with van der Waals surface area (Å²) in [4.78, 5) is 32.5. The molecule has 0 saturated carbocycles. The Kier molecular flexibility index (Phi) is 5.55. The summed E-state index contributed by atoms with van der Waals surface area (Å²) in [5.41, 5.74) is 0. The van der Waals surface area contributed by atoms with Gasteiger partial charge in [-0.2, -0.15) is 0 Å². The fourth-order valence-electron chi connectivity index (χ4n) is 2.47. The molecule has 0 aliphatic carbocycles. The predicted octanol–water partition coefficient (Wildman–Crippen LogP) is 0.967. The van der Waals surface area contributed by atoms with Crippen molar-refractivity contribution in [3.63, 3.8) is 0 Å². The van der Waals surface area contributed by atoms with E-state index in [2.05, 4.69) is 0 Å². The molecule has 0 bridgehead atoms. The van der Waals surface area contributed by atoms with Gasteiger partial charge in [0.05, 0.1) is 6.26 Å². The molecular formula is C15H18O8S. The van der Waals surface area contributed by atoms with Gasteiger partial charge in [0.1, 0.15) is 5.76 Å². The third kappa shape index (κ3) is 3.90. The number of esters is 3. The molecule has 0 amide bonds. The van der Waals surface area contributed by atoms with Gasteiger partial charge < -0.3 is 23.7 Å². The lowest BCUT2D eigenvalue weighted by atomic mass is 9.99. The Morgan fingerprint density at radius 3 is 2.29 bits per heavy atom. The number of thioether (sulfide) groups is 1. The maximum absolute atomic E-state index is 11.5. The predicted molar refractivity (Wildman–Crippen MR) is 81.7 cm³/mol. The van der Waals surface area contributed by atoms with Gasteiger partial charge in [0, 0.05) is 26.5 Å². The molecule has 1 saturated heterocycles. The molecule has 1 N–H and O–H groups in total. The molecule has 1 fully saturated rings.